The fourth-order valence-electron chi connectivity index (χ4n) is 2.10. The van der Waals surface area contributed by atoms with Gasteiger partial charge >= 0.3 is 0 Å². The molecule has 3 atom stereocenters. The van der Waals surface area contributed by atoms with Crippen LogP contribution < -0.4 is 5.73 Å². The maximum absolute atomic E-state index is 6.20. The number of halogens is 1. The largest absolute Gasteiger partial charge is 0.378 e. The lowest BCUT2D eigenvalue weighted by atomic mass is 9.92. The van der Waals surface area contributed by atoms with Crippen molar-refractivity contribution in [3.05, 3.63) is 34.9 Å². The molecule has 0 radical (unpaired) electrons. The molecule has 0 amide bonds. The van der Waals surface area contributed by atoms with Crippen molar-refractivity contribution in [2.75, 3.05) is 6.61 Å². The molecular formula is C12H16ClNO. The maximum Gasteiger partial charge on any atom is 0.0551 e. The van der Waals surface area contributed by atoms with Gasteiger partial charge < -0.3 is 10.5 Å². The van der Waals surface area contributed by atoms with Crippen LogP contribution in [0.4, 0.5) is 0 Å². The molecule has 1 heterocycles. The smallest absolute Gasteiger partial charge is 0.0551 e. The predicted molar refractivity (Wildman–Crippen MR) is 61.9 cm³/mol. The van der Waals surface area contributed by atoms with Crippen molar-refractivity contribution in [2.45, 2.75) is 25.5 Å². The zero-order valence-corrected chi connectivity index (χ0v) is 9.58. The first-order valence-electron chi connectivity index (χ1n) is 5.30. The van der Waals surface area contributed by atoms with Gasteiger partial charge in [-0.25, -0.2) is 0 Å². The van der Waals surface area contributed by atoms with Crippen molar-refractivity contribution in [2.24, 2.45) is 11.7 Å². The van der Waals surface area contributed by atoms with Gasteiger partial charge in [0.15, 0.2) is 0 Å². The molecule has 1 fully saturated rings. The molecule has 0 spiro atoms. The Balaban J connectivity index is 2.14. The summed E-state index contributed by atoms with van der Waals surface area (Å²) in [4.78, 5) is 0. The quantitative estimate of drug-likeness (QED) is 0.840. The summed E-state index contributed by atoms with van der Waals surface area (Å²) in [6.07, 6.45) is 1.34. The summed E-state index contributed by atoms with van der Waals surface area (Å²) < 4.78 is 5.52. The number of hydrogen-bond acceptors (Lipinski definition) is 2. The zero-order chi connectivity index (χ0) is 10.8. The third kappa shape index (κ3) is 2.33. The van der Waals surface area contributed by atoms with Crippen LogP contribution in [0.1, 0.15) is 24.9 Å². The summed E-state index contributed by atoms with van der Waals surface area (Å²) in [5.41, 5.74) is 7.23. The average molecular weight is 226 g/mol. The van der Waals surface area contributed by atoms with Crippen molar-refractivity contribution in [3.63, 3.8) is 0 Å². The van der Waals surface area contributed by atoms with Crippen LogP contribution in [0.15, 0.2) is 24.3 Å². The molecule has 15 heavy (non-hydrogen) atoms. The van der Waals surface area contributed by atoms with Gasteiger partial charge in [0.25, 0.3) is 0 Å². The minimum atomic E-state index is -0.0105. The molecule has 2 rings (SSSR count). The lowest BCUT2D eigenvalue weighted by Crippen LogP contribution is -2.22. The van der Waals surface area contributed by atoms with Gasteiger partial charge in [0.1, 0.15) is 0 Å². The van der Waals surface area contributed by atoms with Gasteiger partial charge in [-0.1, -0.05) is 29.8 Å². The third-order valence-corrected chi connectivity index (χ3v) is 3.35. The summed E-state index contributed by atoms with van der Waals surface area (Å²) >= 11 is 6.11. The van der Waals surface area contributed by atoms with Crippen molar-refractivity contribution in [1.82, 2.24) is 0 Å². The van der Waals surface area contributed by atoms with Gasteiger partial charge in [0, 0.05) is 17.0 Å². The van der Waals surface area contributed by atoms with E-state index in [4.69, 9.17) is 22.1 Å². The van der Waals surface area contributed by atoms with E-state index in [2.05, 4.69) is 6.92 Å². The number of nitrogens with two attached hydrogens (primary N) is 1. The molecule has 1 aliphatic rings. The fraction of sp³-hybridized carbons (Fsp3) is 0.500. The topological polar surface area (TPSA) is 35.2 Å². The Bertz CT molecular complexity index is 342. The van der Waals surface area contributed by atoms with Crippen molar-refractivity contribution in [3.8, 4) is 0 Å². The number of rotatable bonds is 2. The van der Waals surface area contributed by atoms with E-state index in [0.29, 0.717) is 12.0 Å². The lowest BCUT2D eigenvalue weighted by Gasteiger charge is -2.19. The van der Waals surface area contributed by atoms with Crippen molar-refractivity contribution >= 4 is 11.6 Å². The standard InChI is InChI=1S/C12H16ClNO/c1-8-6-9(7-15-8)12(14)10-4-2-3-5-11(10)13/h2-5,8-9,12H,6-7,14H2,1H3. The van der Waals surface area contributed by atoms with Crippen LogP contribution in [0.2, 0.25) is 5.02 Å². The second-order valence-corrected chi connectivity index (χ2v) is 4.59. The van der Waals surface area contributed by atoms with Crippen LogP contribution in [0.3, 0.4) is 0 Å². The van der Waals surface area contributed by atoms with E-state index >= 15 is 0 Å². The minimum absolute atomic E-state index is 0.0105. The first kappa shape index (κ1) is 10.9. The molecule has 1 aromatic rings. The molecule has 0 saturated carbocycles. The predicted octanol–water partition coefficient (Wildman–Crippen LogP) is 2.76. The van der Waals surface area contributed by atoms with Crippen LogP contribution in [0, 0.1) is 5.92 Å². The first-order chi connectivity index (χ1) is 7.18. The molecule has 0 aromatic heterocycles. The second kappa shape index (κ2) is 4.52. The van der Waals surface area contributed by atoms with Crippen LogP contribution in [-0.4, -0.2) is 12.7 Å². The molecule has 3 unspecified atom stereocenters. The Hall–Kier alpha value is -0.570. The monoisotopic (exact) mass is 225 g/mol. The van der Waals surface area contributed by atoms with Gasteiger partial charge in [-0.3, -0.25) is 0 Å². The van der Waals surface area contributed by atoms with Gasteiger partial charge in [-0.15, -0.1) is 0 Å². The molecule has 1 aliphatic heterocycles. The van der Waals surface area contributed by atoms with Gasteiger partial charge in [0.05, 0.1) is 12.7 Å². The Morgan fingerprint density at radius 2 is 2.20 bits per heavy atom. The van der Waals surface area contributed by atoms with E-state index in [1.807, 2.05) is 24.3 Å². The molecule has 1 aromatic carbocycles. The number of ether oxygens (including phenoxy) is 1. The van der Waals surface area contributed by atoms with E-state index in [9.17, 15) is 0 Å². The molecule has 1 saturated heterocycles. The van der Waals surface area contributed by atoms with Gasteiger partial charge in [-0.05, 0) is 25.0 Å². The summed E-state index contributed by atoms with van der Waals surface area (Å²) in [6, 6.07) is 7.77. The number of hydrogen-bond donors (Lipinski definition) is 1. The highest BCUT2D eigenvalue weighted by molar-refractivity contribution is 6.31. The van der Waals surface area contributed by atoms with E-state index in [0.717, 1.165) is 23.6 Å². The highest BCUT2D eigenvalue weighted by Gasteiger charge is 2.29. The highest BCUT2D eigenvalue weighted by Crippen LogP contribution is 2.32. The summed E-state index contributed by atoms with van der Waals surface area (Å²) in [7, 11) is 0. The van der Waals surface area contributed by atoms with E-state index in [-0.39, 0.29) is 6.04 Å². The Labute approximate surface area is 95.4 Å². The molecule has 82 valence electrons. The highest BCUT2D eigenvalue weighted by atomic mass is 35.5. The summed E-state index contributed by atoms with van der Waals surface area (Å²) in [6.45, 7) is 2.83. The SMILES string of the molecule is CC1CC(C(N)c2ccccc2Cl)CO1. The zero-order valence-electron chi connectivity index (χ0n) is 8.82. The van der Waals surface area contributed by atoms with Crippen LogP contribution >= 0.6 is 11.6 Å². The lowest BCUT2D eigenvalue weighted by molar-refractivity contribution is 0.118. The van der Waals surface area contributed by atoms with Crippen LogP contribution in [0.5, 0.6) is 0 Å². The summed E-state index contributed by atoms with van der Waals surface area (Å²) in [5, 5.41) is 0.754. The third-order valence-electron chi connectivity index (χ3n) is 3.00. The first-order valence-corrected chi connectivity index (χ1v) is 5.68. The minimum Gasteiger partial charge on any atom is -0.378 e. The van der Waals surface area contributed by atoms with Gasteiger partial charge in [0.2, 0.25) is 0 Å². The van der Waals surface area contributed by atoms with Crippen LogP contribution in [0.25, 0.3) is 0 Å². The van der Waals surface area contributed by atoms with Gasteiger partial charge in [-0.2, -0.15) is 0 Å². The van der Waals surface area contributed by atoms with E-state index in [1.165, 1.54) is 0 Å². The Kier molecular flexibility index (Phi) is 3.29. The average Bonchev–Trinajstić information content (AvgIpc) is 2.65. The number of benzene rings is 1. The summed E-state index contributed by atoms with van der Waals surface area (Å²) in [5.74, 6) is 0.389. The Morgan fingerprint density at radius 1 is 1.47 bits per heavy atom. The molecule has 2 nitrogen and oxygen atoms in total. The van der Waals surface area contributed by atoms with E-state index < -0.39 is 0 Å². The van der Waals surface area contributed by atoms with Crippen LogP contribution in [-0.2, 0) is 4.74 Å². The second-order valence-electron chi connectivity index (χ2n) is 4.19. The molecule has 0 aliphatic carbocycles. The molecule has 0 bridgehead atoms. The maximum atomic E-state index is 6.20. The molecular weight excluding hydrogens is 210 g/mol. The van der Waals surface area contributed by atoms with Crippen molar-refractivity contribution < 1.29 is 4.74 Å². The van der Waals surface area contributed by atoms with Crippen molar-refractivity contribution in [1.29, 1.82) is 0 Å². The molecule has 3 heteroatoms. The fourth-order valence-corrected chi connectivity index (χ4v) is 2.36. The Morgan fingerprint density at radius 3 is 2.80 bits per heavy atom. The molecule has 2 N–H and O–H groups in total. The normalized spacial score (nSPS) is 27.9. The van der Waals surface area contributed by atoms with E-state index in [1.54, 1.807) is 0 Å².